The van der Waals surface area contributed by atoms with Crippen LogP contribution >= 0.6 is 0 Å². The van der Waals surface area contributed by atoms with E-state index in [-0.39, 0.29) is 0 Å². The van der Waals surface area contributed by atoms with Gasteiger partial charge in [0.1, 0.15) is 12.1 Å². The van der Waals surface area contributed by atoms with E-state index in [4.69, 9.17) is 11.2 Å². The van der Waals surface area contributed by atoms with Gasteiger partial charge in [0, 0.05) is 12.7 Å². The molecule has 1 aliphatic rings. The highest BCUT2D eigenvalue weighted by Crippen LogP contribution is 2.17. The Morgan fingerprint density at radius 1 is 1.30 bits per heavy atom. The van der Waals surface area contributed by atoms with Gasteiger partial charge in [0.15, 0.2) is 11.3 Å². The van der Waals surface area contributed by atoms with Gasteiger partial charge in [-0.1, -0.05) is 0 Å². The van der Waals surface area contributed by atoms with E-state index in [2.05, 4.69) is 25.8 Å². The Balaban J connectivity index is 1.74. The molecule has 102 valence electrons. The largest absolute Gasteiger partial charge is 0.474 e. The van der Waals surface area contributed by atoms with Crippen LogP contribution in [0.5, 0.6) is 5.88 Å². The van der Waals surface area contributed by atoms with Crippen LogP contribution < -0.4 is 4.74 Å². The van der Waals surface area contributed by atoms with Crippen molar-refractivity contribution >= 4 is 11.2 Å². The number of fused-ring (bicyclic) bond motifs is 1. The lowest BCUT2D eigenvalue weighted by atomic mass is 10.4. The molecule has 0 bridgehead atoms. The van der Waals surface area contributed by atoms with Gasteiger partial charge in [-0.3, -0.25) is 4.90 Å². The molecule has 5 nitrogen and oxygen atoms in total. The first-order valence-electron chi connectivity index (χ1n) is 6.81. The second-order valence-corrected chi connectivity index (χ2v) is 4.77. The molecule has 0 N–H and O–H groups in total. The summed E-state index contributed by atoms with van der Waals surface area (Å²) in [4.78, 5) is 15.2. The average Bonchev–Trinajstić information content (AvgIpc) is 3.00. The lowest BCUT2D eigenvalue weighted by Gasteiger charge is -2.14. The summed E-state index contributed by atoms with van der Waals surface area (Å²) in [5.74, 6) is 2.94. The molecule has 1 aliphatic heterocycles. The first kappa shape index (κ1) is 12.8. The molecule has 0 atom stereocenters. The monoisotopic (exact) mass is 268 g/mol. The zero-order chi connectivity index (χ0) is 13.8. The molecule has 1 fully saturated rings. The summed E-state index contributed by atoms with van der Waals surface area (Å²) in [6, 6.07) is 3.67. The van der Waals surface area contributed by atoms with Gasteiger partial charge in [0.2, 0.25) is 5.88 Å². The standard InChI is InChI=1S/C15H16N4O/c1-2-12-15(20-11-10-19-8-3-4-9-19)18-13-6-5-7-16-14(13)17-12/h1,5-7H,3-4,8-11H2. The average molecular weight is 268 g/mol. The highest BCUT2D eigenvalue weighted by molar-refractivity contribution is 5.70. The van der Waals surface area contributed by atoms with E-state index in [1.165, 1.54) is 12.8 Å². The van der Waals surface area contributed by atoms with Crippen LogP contribution in [0, 0.1) is 12.3 Å². The zero-order valence-electron chi connectivity index (χ0n) is 11.2. The van der Waals surface area contributed by atoms with Crippen LogP contribution in [-0.4, -0.2) is 46.1 Å². The molecule has 0 unspecified atom stereocenters. The fraction of sp³-hybridized carbons (Fsp3) is 0.400. The van der Waals surface area contributed by atoms with Crippen LogP contribution in [0.4, 0.5) is 0 Å². The Bertz CT molecular complexity index is 644. The minimum absolute atomic E-state index is 0.414. The van der Waals surface area contributed by atoms with Gasteiger partial charge in [-0.2, -0.15) is 0 Å². The second-order valence-electron chi connectivity index (χ2n) is 4.77. The fourth-order valence-corrected chi connectivity index (χ4v) is 2.35. The van der Waals surface area contributed by atoms with Crippen molar-refractivity contribution < 1.29 is 4.74 Å². The summed E-state index contributed by atoms with van der Waals surface area (Å²) in [7, 11) is 0. The Hall–Kier alpha value is -2.19. The van der Waals surface area contributed by atoms with E-state index in [1.54, 1.807) is 6.20 Å². The van der Waals surface area contributed by atoms with Gasteiger partial charge >= 0.3 is 0 Å². The third kappa shape index (κ3) is 2.70. The number of pyridine rings is 1. The number of ether oxygens (including phenoxy) is 1. The molecular formula is C15H16N4O. The third-order valence-corrected chi connectivity index (χ3v) is 3.39. The van der Waals surface area contributed by atoms with Gasteiger partial charge in [-0.25, -0.2) is 15.0 Å². The second kappa shape index (κ2) is 5.85. The van der Waals surface area contributed by atoms with Crippen LogP contribution in [0.1, 0.15) is 18.5 Å². The summed E-state index contributed by atoms with van der Waals surface area (Å²) >= 11 is 0. The van der Waals surface area contributed by atoms with Crippen LogP contribution in [0.25, 0.3) is 11.2 Å². The predicted molar refractivity (Wildman–Crippen MR) is 76.4 cm³/mol. The van der Waals surface area contributed by atoms with Crippen molar-refractivity contribution in [2.75, 3.05) is 26.2 Å². The van der Waals surface area contributed by atoms with Crippen molar-refractivity contribution in [2.24, 2.45) is 0 Å². The first-order valence-corrected chi connectivity index (χ1v) is 6.81. The highest BCUT2D eigenvalue weighted by Gasteiger charge is 2.13. The molecule has 0 radical (unpaired) electrons. The fourth-order valence-electron chi connectivity index (χ4n) is 2.35. The molecule has 1 saturated heterocycles. The minimum Gasteiger partial charge on any atom is -0.474 e. The van der Waals surface area contributed by atoms with Gasteiger partial charge in [-0.15, -0.1) is 6.42 Å². The van der Waals surface area contributed by atoms with Crippen LogP contribution in [0.15, 0.2) is 18.3 Å². The molecule has 0 spiro atoms. The number of rotatable bonds is 4. The number of nitrogens with zero attached hydrogens (tertiary/aromatic N) is 4. The number of aromatic nitrogens is 3. The van der Waals surface area contributed by atoms with Gasteiger partial charge in [0.05, 0.1) is 0 Å². The Kier molecular flexibility index (Phi) is 3.75. The van der Waals surface area contributed by atoms with Crippen molar-refractivity contribution in [3.05, 3.63) is 24.0 Å². The van der Waals surface area contributed by atoms with Crippen molar-refractivity contribution in [3.63, 3.8) is 0 Å². The van der Waals surface area contributed by atoms with Crippen molar-refractivity contribution in [3.8, 4) is 18.2 Å². The van der Waals surface area contributed by atoms with E-state index in [0.29, 0.717) is 29.3 Å². The molecule has 2 aromatic rings. The van der Waals surface area contributed by atoms with Gasteiger partial charge in [-0.05, 0) is 44.0 Å². The topological polar surface area (TPSA) is 51.1 Å². The molecule has 5 heteroatoms. The van der Waals surface area contributed by atoms with E-state index >= 15 is 0 Å². The van der Waals surface area contributed by atoms with E-state index in [9.17, 15) is 0 Å². The SMILES string of the molecule is C#Cc1nc2ncccc2nc1OCCN1CCCC1. The maximum absolute atomic E-state index is 5.71. The van der Waals surface area contributed by atoms with Crippen molar-refractivity contribution in [2.45, 2.75) is 12.8 Å². The maximum Gasteiger partial charge on any atom is 0.249 e. The lowest BCUT2D eigenvalue weighted by molar-refractivity contribution is 0.231. The van der Waals surface area contributed by atoms with Crippen molar-refractivity contribution in [1.82, 2.24) is 19.9 Å². The molecule has 0 aromatic carbocycles. The Morgan fingerprint density at radius 2 is 2.15 bits per heavy atom. The normalized spacial score (nSPS) is 15.3. The summed E-state index contributed by atoms with van der Waals surface area (Å²) in [5.41, 5.74) is 1.66. The van der Waals surface area contributed by atoms with Gasteiger partial charge < -0.3 is 4.74 Å². The molecule has 3 heterocycles. The van der Waals surface area contributed by atoms with E-state index < -0.39 is 0 Å². The summed E-state index contributed by atoms with van der Waals surface area (Å²) in [5, 5.41) is 0. The third-order valence-electron chi connectivity index (χ3n) is 3.39. The van der Waals surface area contributed by atoms with Gasteiger partial charge in [0.25, 0.3) is 0 Å². The molecule has 0 amide bonds. The molecule has 3 rings (SSSR count). The summed E-state index contributed by atoms with van der Waals surface area (Å²) in [6.07, 6.45) is 9.69. The van der Waals surface area contributed by atoms with Crippen LogP contribution in [-0.2, 0) is 0 Å². The Labute approximate surface area is 118 Å². The van der Waals surface area contributed by atoms with Crippen molar-refractivity contribution in [1.29, 1.82) is 0 Å². The molecule has 0 aliphatic carbocycles. The van der Waals surface area contributed by atoms with E-state index in [1.807, 2.05) is 12.1 Å². The highest BCUT2D eigenvalue weighted by atomic mass is 16.5. The number of terminal acetylenes is 1. The molecule has 20 heavy (non-hydrogen) atoms. The summed E-state index contributed by atoms with van der Waals surface area (Å²) in [6.45, 7) is 3.78. The predicted octanol–water partition coefficient (Wildman–Crippen LogP) is 1.48. The zero-order valence-corrected chi connectivity index (χ0v) is 11.2. The molecule has 2 aromatic heterocycles. The van der Waals surface area contributed by atoms with Crippen LogP contribution in [0.2, 0.25) is 0 Å². The maximum atomic E-state index is 5.71. The number of likely N-dealkylation sites (tertiary alicyclic amines) is 1. The Morgan fingerprint density at radius 3 is 2.95 bits per heavy atom. The van der Waals surface area contributed by atoms with E-state index in [0.717, 1.165) is 19.6 Å². The number of hydrogen-bond acceptors (Lipinski definition) is 5. The molecular weight excluding hydrogens is 252 g/mol. The first-order chi connectivity index (χ1) is 9.86. The van der Waals surface area contributed by atoms with Crippen LogP contribution in [0.3, 0.4) is 0 Å². The minimum atomic E-state index is 0.414. The number of hydrogen-bond donors (Lipinski definition) is 0. The summed E-state index contributed by atoms with van der Waals surface area (Å²) < 4.78 is 5.71. The molecule has 0 saturated carbocycles. The quantitative estimate of drug-likeness (QED) is 0.786. The smallest absolute Gasteiger partial charge is 0.249 e. The lowest BCUT2D eigenvalue weighted by Crippen LogP contribution is -2.25.